The van der Waals surface area contributed by atoms with Gasteiger partial charge in [0, 0.05) is 44.5 Å². The molecule has 0 bridgehead atoms. The molecule has 45 heavy (non-hydrogen) atoms. The quantitative estimate of drug-likeness (QED) is 0.0816. The predicted octanol–water partition coefficient (Wildman–Crippen LogP) is 6.79. The molecule has 1 unspecified atom stereocenters. The highest BCUT2D eigenvalue weighted by atomic mass is 32.2. The molecule has 5 rings (SSSR count). The molecule has 0 aliphatic carbocycles. The van der Waals surface area contributed by atoms with Crippen molar-refractivity contribution in [1.29, 1.82) is 0 Å². The number of carboxylic acids is 1. The molecule has 5 aromatic rings. The van der Waals surface area contributed by atoms with Crippen molar-refractivity contribution in [3.8, 4) is 0 Å². The molecule has 1 heterocycles. The van der Waals surface area contributed by atoms with E-state index in [0.717, 1.165) is 21.4 Å². The van der Waals surface area contributed by atoms with Crippen molar-refractivity contribution < 1.29 is 24.3 Å². The Morgan fingerprint density at radius 3 is 2.29 bits per heavy atom. The Balaban J connectivity index is 1.32. The summed E-state index contributed by atoms with van der Waals surface area (Å²) in [6, 6.07) is 29.4. The third-order valence-electron chi connectivity index (χ3n) is 6.88. The molecule has 9 nitrogen and oxygen atoms in total. The average molecular weight is 619 g/mol. The number of amides is 3. The van der Waals surface area contributed by atoms with Gasteiger partial charge in [0.15, 0.2) is 0 Å². The van der Waals surface area contributed by atoms with Crippen LogP contribution in [0.15, 0.2) is 120 Å². The zero-order valence-corrected chi connectivity index (χ0v) is 25.1. The normalized spacial score (nSPS) is 11.9. The van der Waals surface area contributed by atoms with E-state index in [2.05, 4.69) is 20.9 Å². The van der Waals surface area contributed by atoms with Crippen molar-refractivity contribution >= 4 is 63.8 Å². The van der Waals surface area contributed by atoms with Crippen molar-refractivity contribution in [2.24, 2.45) is 0 Å². The number of anilines is 2. The van der Waals surface area contributed by atoms with E-state index in [4.69, 9.17) is 5.11 Å². The number of benzene rings is 4. The van der Waals surface area contributed by atoms with Crippen LogP contribution in [0.25, 0.3) is 17.0 Å². The number of aromatic nitrogens is 1. The molecule has 0 aliphatic heterocycles. The van der Waals surface area contributed by atoms with Crippen LogP contribution in [0.1, 0.15) is 39.6 Å². The van der Waals surface area contributed by atoms with E-state index in [1.165, 1.54) is 23.9 Å². The Morgan fingerprint density at radius 1 is 0.822 bits per heavy atom. The third-order valence-corrected chi connectivity index (χ3v) is 8.24. The van der Waals surface area contributed by atoms with Crippen molar-refractivity contribution in [2.45, 2.75) is 23.5 Å². The lowest BCUT2D eigenvalue weighted by Crippen LogP contribution is -2.30. The van der Waals surface area contributed by atoms with Gasteiger partial charge in [-0.1, -0.05) is 49.4 Å². The van der Waals surface area contributed by atoms with Crippen molar-refractivity contribution in [2.75, 3.05) is 10.6 Å². The van der Waals surface area contributed by atoms with Crippen molar-refractivity contribution in [1.82, 2.24) is 10.3 Å². The Bertz CT molecular complexity index is 1880. The molecule has 0 fully saturated rings. The first-order valence-electron chi connectivity index (χ1n) is 14.2. The number of aromatic carboxylic acids is 1. The SMILES string of the molecule is CCC(Sc1cccc(NC(=O)/C(=C/c2c[nH]c3ccccc23)NC(=O)c2ccccc2)c1)C(=O)Nc1ccc(C(=O)O)cc1. The van der Waals surface area contributed by atoms with Gasteiger partial charge >= 0.3 is 5.97 Å². The van der Waals surface area contributed by atoms with Gasteiger partial charge in [0.1, 0.15) is 5.70 Å². The van der Waals surface area contributed by atoms with Gasteiger partial charge in [-0.15, -0.1) is 11.8 Å². The molecule has 0 radical (unpaired) electrons. The number of carboxylic acid groups (broad SMARTS) is 1. The molecule has 10 heteroatoms. The molecule has 1 atom stereocenters. The molecule has 0 saturated carbocycles. The van der Waals surface area contributed by atoms with E-state index in [9.17, 15) is 19.2 Å². The van der Waals surface area contributed by atoms with Gasteiger partial charge in [0.25, 0.3) is 11.8 Å². The van der Waals surface area contributed by atoms with Gasteiger partial charge in [-0.2, -0.15) is 0 Å². The highest BCUT2D eigenvalue weighted by molar-refractivity contribution is 8.00. The summed E-state index contributed by atoms with van der Waals surface area (Å²) in [5, 5.41) is 18.0. The Morgan fingerprint density at radius 2 is 1.56 bits per heavy atom. The fourth-order valence-electron chi connectivity index (χ4n) is 4.56. The Hall–Kier alpha value is -5.61. The first-order chi connectivity index (χ1) is 21.8. The molecule has 5 N–H and O–H groups in total. The summed E-state index contributed by atoms with van der Waals surface area (Å²) < 4.78 is 0. The minimum absolute atomic E-state index is 0.0615. The van der Waals surface area contributed by atoms with E-state index in [1.807, 2.05) is 43.3 Å². The number of carbonyl (C=O) groups is 4. The van der Waals surface area contributed by atoms with Crippen LogP contribution >= 0.6 is 11.8 Å². The van der Waals surface area contributed by atoms with Crippen LogP contribution in [0, 0.1) is 0 Å². The number of nitrogens with one attached hydrogen (secondary N) is 4. The second-order valence-corrected chi connectivity index (χ2v) is 11.3. The molecule has 0 aliphatic rings. The lowest BCUT2D eigenvalue weighted by Gasteiger charge is -2.16. The fraction of sp³-hybridized carbons (Fsp3) is 0.0857. The zero-order chi connectivity index (χ0) is 31.8. The van der Waals surface area contributed by atoms with E-state index in [-0.39, 0.29) is 17.2 Å². The summed E-state index contributed by atoms with van der Waals surface area (Å²) >= 11 is 1.34. The number of H-pyrrole nitrogens is 1. The summed E-state index contributed by atoms with van der Waals surface area (Å²) in [6.07, 6.45) is 3.94. The number of rotatable bonds is 11. The van der Waals surface area contributed by atoms with E-state index in [1.54, 1.807) is 66.9 Å². The maximum atomic E-state index is 13.6. The zero-order valence-electron chi connectivity index (χ0n) is 24.2. The van der Waals surface area contributed by atoms with E-state index < -0.39 is 23.0 Å². The number of aromatic amines is 1. The van der Waals surface area contributed by atoms with Gasteiger partial charge in [-0.25, -0.2) is 4.79 Å². The van der Waals surface area contributed by atoms with E-state index in [0.29, 0.717) is 23.4 Å². The molecule has 0 saturated heterocycles. The average Bonchev–Trinajstić information content (AvgIpc) is 3.46. The second kappa shape index (κ2) is 14.2. The Labute approximate surface area is 263 Å². The van der Waals surface area contributed by atoms with Crippen LogP contribution in [0.3, 0.4) is 0 Å². The monoisotopic (exact) mass is 618 g/mol. The molecule has 226 valence electrons. The predicted molar refractivity (Wildman–Crippen MR) is 177 cm³/mol. The number of thioether (sulfide) groups is 1. The van der Waals surface area contributed by atoms with Crippen LogP contribution < -0.4 is 16.0 Å². The van der Waals surface area contributed by atoms with Crippen LogP contribution in [0.5, 0.6) is 0 Å². The summed E-state index contributed by atoms with van der Waals surface area (Å²) in [7, 11) is 0. The van der Waals surface area contributed by atoms with Crippen molar-refractivity contribution in [3.05, 3.63) is 132 Å². The summed E-state index contributed by atoms with van der Waals surface area (Å²) in [5.41, 5.74) is 3.23. The standard InChI is InChI=1S/C35H30N4O5S/c1-2-31(34(42)37-25-17-15-23(16-18-25)35(43)44)45-27-12-8-11-26(20-27)38-33(41)30(39-32(40)22-9-4-3-5-10-22)19-24-21-36-29-14-7-6-13-28(24)29/h3-21,31,36H,2H2,1H3,(H,37,42)(H,38,41)(H,39,40)(H,43,44)/b30-19-. The first kappa shape index (κ1) is 30.8. The van der Waals surface area contributed by atoms with Gasteiger partial charge in [0.05, 0.1) is 10.8 Å². The number of carbonyl (C=O) groups excluding carboxylic acids is 3. The van der Waals surface area contributed by atoms with Crippen LogP contribution in [-0.2, 0) is 9.59 Å². The lowest BCUT2D eigenvalue weighted by molar-refractivity contribution is -0.116. The van der Waals surface area contributed by atoms with Gasteiger partial charge < -0.3 is 26.0 Å². The smallest absolute Gasteiger partial charge is 0.335 e. The summed E-state index contributed by atoms with van der Waals surface area (Å²) in [4.78, 5) is 54.7. The van der Waals surface area contributed by atoms with Crippen LogP contribution in [-0.4, -0.2) is 39.0 Å². The van der Waals surface area contributed by atoms with Crippen LogP contribution in [0.2, 0.25) is 0 Å². The number of para-hydroxylation sites is 1. The topological polar surface area (TPSA) is 140 Å². The van der Waals surface area contributed by atoms with Crippen molar-refractivity contribution in [3.63, 3.8) is 0 Å². The number of hydrogen-bond donors (Lipinski definition) is 5. The molecule has 3 amide bonds. The molecule has 1 aromatic heterocycles. The van der Waals surface area contributed by atoms with Gasteiger partial charge in [-0.3, -0.25) is 14.4 Å². The highest BCUT2D eigenvalue weighted by Gasteiger charge is 2.20. The fourth-order valence-corrected chi connectivity index (χ4v) is 5.58. The molecule has 0 spiro atoms. The second-order valence-electron chi connectivity index (χ2n) is 10.0. The highest BCUT2D eigenvalue weighted by Crippen LogP contribution is 2.29. The van der Waals surface area contributed by atoms with E-state index >= 15 is 0 Å². The largest absolute Gasteiger partial charge is 0.478 e. The lowest BCUT2D eigenvalue weighted by atomic mass is 10.1. The minimum atomic E-state index is -1.04. The third kappa shape index (κ3) is 7.87. The summed E-state index contributed by atoms with van der Waals surface area (Å²) in [5.74, 6) is -2.20. The number of fused-ring (bicyclic) bond motifs is 1. The van der Waals surface area contributed by atoms with Gasteiger partial charge in [-0.05, 0) is 73.2 Å². The first-order valence-corrected chi connectivity index (χ1v) is 15.0. The van der Waals surface area contributed by atoms with Crippen LogP contribution in [0.4, 0.5) is 11.4 Å². The Kier molecular flexibility index (Phi) is 9.76. The minimum Gasteiger partial charge on any atom is -0.478 e. The summed E-state index contributed by atoms with van der Waals surface area (Å²) in [6.45, 7) is 1.90. The maximum Gasteiger partial charge on any atom is 0.335 e. The molecule has 4 aromatic carbocycles. The molecular weight excluding hydrogens is 588 g/mol. The maximum absolute atomic E-state index is 13.6. The molecular formula is C35H30N4O5S. The van der Waals surface area contributed by atoms with Gasteiger partial charge in [0.2, 0.25) is 5.91 Å². The number of hydrogen-bond acceptors (Lipinski definition) is 5.